The van der Waals surface area contributed by atoms with Gasteiger partial charge < -0.3 is 9.80 Å². The number of piperazine rings is 1. The summed E-state index contributed by atoms with van der Waals surface area (Å²) in [5.74, 6) is 0.346. The summed E-state index contributed by atoms with van der Waals surface area (Å²) in [6.45, 7) is 6.45. The lowest BCUT2D eigenvalue weighted by Gasteiger charge is -2.36. The number of hydrogen-bond acceptors (Lipinski definition) is 7. The third-order valence-corrected chi connectivity index (χ3v) is 7.20. The van der Waals surface area contributed by atoms with Gasteiger partial charge in [0.25, 0.3) is 5.91 Å². The van der Waals surface area contributed by atoms with Crippen molar-refractivity contribution in [3.63, 3.8) is 0 Å². The zero-order valence-corrected chi connectivity index (χ0v) is 21.7. The maximum absolute atomic E-state index is 13.6. The normalized spacial score (nSPS) is 13.8. The first-order valence-electron chi connectivity index (χ1n) is 11.7. The first-order valence-corrected chi connectivity index (χ1v) is 13.1. The topological polar surface area (TPSA) is 80.0 Å². The number of thioether (sulfide) groups is 1. The summed E-state index contributed by atoms with van der Waals surface area (Å²) in [5, 5.41) is 10.1. The van der Waals surface area contributed by atoms with Gasteiger partial charge in [-0.15, -0.1) is 5.10 Å². The molecular weight excluding hydrogens is 494 g/mol. The molecule has 0 atom stereocenters. The number of carbonyl (C=O) groups is 1. The van der Waals surface area contributed by atoms with Crippen LogP contribution in [0.4, 0.5) is 5.69 Å². The molecule has 2 aromatic carbocycles. The van der Waals surface area contributed by atoms with E-state index in [2.05, 4.69) is 25.2 Å². The standard InChI is InChI=1S/C26H26ClN7OS/c1-18-16-19(2)29-26(28-18)36-17-23-24(30-31-34(23)20-8-4-3-5-9-20)25(35)33-14-12-32(13-15-33)22-11-7-6-10-21(22)27/h3-11,16H,12-15,17H2,1-2H3. The van der Waals surface area contributed by atoms with Gasteiger partial charge in [-0.3, -0.25) is 4.79 Å². The Morgan fingerprint density at radius 2 is 1.61 bits per heavy atom. The minimum absolute atomic E-state index is 0.118. The molecule has 1 aliphatic heterocycles. The summed E-state index contributed by atoms with van der Waals surface area (Å²) in [5.41, 5.74) is 4.76. The van der Waals surface area contributed by atoms with Crippen LogP contribution in [0, 0.1) is 13.8 Å². The van der Waals surface area contributed by atoms with Gasteiger partial charge in [0.05, 0.1) is 22.1 Å². The summed E-state index contributed by atoms with van der Waals surface area (Å²) < 4.78 is 1.74. The Kier molecular flexibility index (Phi) is 7.20. The second-order valence-electron chi connectivity index (χ2n) is 8.58. The number of para-hydroxylation sites is 2. The lowest BCUT2D eigenvalue weighted by molar-refractivity contribution is 0.0740. The highest BCUT2D eigenvalue weighted by molar-refractivity contribution is 7.98. The Bertz CT molecular complexity index is 1350. The number of aryl methyl sites for hydroxylation is 2. The largest absolute Gasteiger partial charge is 0.367 e. The van der Waals surface area contributed by atoms with Gasteiger partial charge in [0, 0.05) is 43.3 Å². The maximum Gasteiger partial charge on any atom is 0.276 e. The van der Waals surface area contributed by atoms with Crippen LogP contribution in [-0.4, -0.2) is 61.9 Å². The van der Waals surface area contributed by atoms with Crippen LogP contribution in [0.5, 0.6) is 0 Å². The first-order chi connectivity index (χ1) is 17.5. The molecule has 2 aromatic heterocycles. The Hall–Kier alpha value is -3.43. The number of hydrogen-bond donors (Lipinski definition) is 0. The molecule has 1 aliphatic rings. The molecule has 184 valence electrons. The molecule has 1 saturated heterocycles. The van der Waals surface area contributed by atoms with E-state index < -0.39 is 0 Å². The van der Waals surface area contributed by atoms with Crippen LogP contribution >= 0.6 is 23.4 Å². The van der Waals surface area contributed by atoms with Crippen molar-refractivity contribution < 1.29 is 4.79 Å². The Morgan fingerprint density at radius 1 is 0.944 bits per heavy atom. The van der Waals surface area contributed by atoms with Gasteiger partial charge in [-0.05, 0) is 44.2 Å². The van der Waals surface area contributed by atoms with Gasteiger partial charge in [-0.1, -0.05) is 58.9 Å². The van der Waals surface area contributed by atoms with Gasteiger partial charge >= 0.3 is 0 Å². The quantitative estimate of drug-likeness (QED) is 0.272. The van der Waals surface area contributed by atoms with Crippen molar-refractivity contribution in [3.05, 3.63) is 88.5 Å². The van der Waals surface area contributed by atoms with E-state index in [-0.39, 0.29) is 5.91 Å². The van der Waals surface area contributed by atoms with E-state index in [0.717, 1.165) is 33.5 Å². The first kappa shape index (κ1) is 24.3. The van der Waals surface area contributed by atoms with E-state index in [0.29, 0.717) is 42.8 Å². The Morgan fingerprint density at radius 3 is 2.31 bits per heavy atom. The van der Waals surface area contributed by atoms with E-state index in [4.69, 9.17) is 11.6 Å². The third-order valence-electron chi connectivity index (χ3n) is 6.03. The monoisotopic (exact) mass is 519 g/mol. The van der Waals surface area contributed by atoms with Crippen LogP contribution < -0.4 is 4.90 Å². The van der Waals surface area contributed by atoms with Crippen LogP contribution in [-0.2, 0) is 5.75 Å². The van der Waals surface area contributed by atoms with Crippen LogP contribution in [0.3, 0.4) is 0 Å². The van der Waals surface area contributed by atoms with Crippen molar-refractivity contribution in [2.24, 2.45) is 0 Å². The molecule has 0 radical (unpaired) electrons. The summed E-state index contributed by atoms with van der Waals surface area (Å²) in [6.07, 6.45) is 0. The second-order valence-corrected chi connectivity index (χ2v) is 9.93. The van der Waals surface area contributed by atoms with Crippen molar-refractivity contribution in [2.45, 2.75) is 24.8 Å². The lowest BCUT2D eigenvalue weighted by Crippen LogP contribution is -2.49. The SMILES string of the molecule is Cc1cc(C)nc(SCc2c(C(=O)N3CCN(c4ccccc4Cl)CC3)nnn2-c2ccccc2)n1. The molecule has 5 rings (SSSR count). The van der Waals surface area contributed by atoms with Gasteiger partial charge in [-0.25, -0.2) is 14.6 Å². The van der Waals surface area contributed by atoms with E-state index in [9.17, 15) is 4.79 Å². The number of rotatable bonds is 6. The molecule has 0 N–H and O–H groups in total. The fourth-order valence-electron chi connectivity index (χ4n) is 4.27. The molecule has 3 heterocycles. The molecule has 1 fully saturated rings. The molecule has 0 aliphatic carbocycles. The number of halogens is 1. The van der Waals surface area contributed by atoms with Gasteiger partial charge in [0.15, 0.2) is 10.9 Å². The van der Waals surface area contributed by atoms with E-state index in [1.165, 1.54) is 11.8 Å². The molecule has 0 spiro atoms. The molecule has 8 nitrogen and oxygen atoms in total. The predicted octanol–water partition coefficient (Wildman–Crippen LogP) is 4.58. The van der Waals surface area contributed by atoms with E-state index in [1.807, 2.05) is 79.4 Å². The molecule has 0 unspecified atom stereocenters. The molecule has 1 amide bonds. The second kappa shape index (κ2) is 10.7. The zero-order valence-electron chi connectivity index (χ0n) is 20.1. The highest BCUT2D eigenvalue weighted by atomic mass is 35.5. The Balaban J connectivity index is 1.38. The minimum atomic E-state index is -0.118. The lowest BCUT2D eigenvalue weighted by atomic mass is 10.2. The van der Waals surface area contributed by atoms with Crippen LogP contribution in [0.2, 0.25) is 5.02 Å². The average molecular weight is 520 g/mol. The van der Waals surface area contributed by atoms with Gasteiger partial charge in [-0.2, -0.15) is 0 Å². The Labute approximate surface area is 219 Å². The number of anilines is 1. The molecule has 10 heteroatoms. The van der Waals surface area contributed by atoms with Crippen LogP contribution in [0.15, 0.2) is 65.8 Å². The molecular formula is C26H26ClN7OS. The minimum Gasteiger partial charge on any atom is -0.367 e. The summed E-state index contributed by atoms with van der Waals surface area (Å²) in [6, 6.07) is 19.5. The van der Waals surface area contributed by atoms with E-state index in [1.54, 1.807) is 4.68 Å². The van der Waals surface area contributed by atoms with Crippen molar-refractivity contribution in [1.29, 1.82) is 0 Å². The smallest absolute Gasteiger partial charge is 0.276 e. The number of nitrogens with zero attached hydrogens (tertiary/aromatic N) is 7. The fourth-order valence-corrected chi connectivity index (χ4v) is 5.47. The van der Waals surface area contributed by atoms with Crippen LogP contribution in [0.1, 0.15) is 27.6 Å². The highest BCUT2D eigenvalue weighted by Crippen LogP contribution is 2.27. The van der Waals surface area contributed by atoms with Gasteiger partial charge in [0.2, 0.25) is 0 Å². The predicted molar refractivity (Wildman–Crippen MR) is 142 cm³/mol. The number of benzene rings is 2. The maximum atomic E-state index is 13.6. The highest BCUT2D eigenvalue weighted by Gasteiger charge is 2.28. The summed E-state index contributed by atoms with van der Waals surface area (Å²) >= 11 is 7.86. The van der Waals surface area contributed by atoms with Crippen LogP contribution in [0.25, 0.3) is 5.69 Å². The number of aromatic nitrogens is 5. The van der Waals surface area contributed by atoms with Crippen molar-refractivity contribution in [2.75, 3.05) is 31.1 Å². The molecule has 4 aromatic rings. The van der Waals surface area contributed by atoms with E-state index >= 15 is 0 Å². The number of amides is 1. The zero-order chi connectivity index (χ0) is 25.1. The number of carbonyl (C=O) groups excluding carboxylic acids is 1. The van der Waals surface area contributed by atoms with Crippen molar-refractivity contribution in [3.8, 4) is 5.69 Å². The average Bonchev–Trinajstić information content (AvgIpc) is 3.31. The van der Waals surface area contributed by atoms with Gasteiger partial charge in [0.1, 0.15) is 0 Å². The molecule has 0 saturated carbocycles. The van der Waals surface area contributed by atoms with Crippen molar-refractivity contribution in [1.82, 2.24) is 29.9 Å². The summed E-state index contributed by atoms with van der Waals surface area (Å²) in [4.78, 5) is 26.7. The third kappa shape index (κ3) is 5.22. The summed E-state index contributed by atoms with van der Waals surface area (Å²) in [7, 11) is 0. The molecule has 36 heavy (non-hydrogen) atoms. The van der Waals surface area contributed by atoms with Crippen molar-refractivity contribution >= 4 is 35.0 Å². The molecule has 0 bridgehead atoms. The fraction of sp³-hybridized carbons (Fsp3) is 0.269.